The maximum Gasteiger partial charge on any atom is 0.0516 e. The van der Waals surface area contributed by atoms with Gasteiger partial charge in [-0.15, -0.1) is 11.3 Å². The van der Waals surface area contributed by atoms with Gasteiger partial charge in [0.25, 0.3) is 0 Å². The van der Waals surface area contributed by atoms with Crippen molar-refractivity contribution in [2.75, 3.05) is 0 Å². The third-order valence-corrected chi connectivity index (χ3v) is 4.68. The Morgan fingerprint density at radius 3 is 2.47 bits per heavy atom. The molecule has 3 heteroatoms. The zero-order chi connectivity index (χ0) is 10.3. The maximum atomic E-state index is 5.91. The first kappa shape index (κ1) is 10.1. The van der Waals surface area contributed by atoms with Crippen molar-refractivity contribution in [2.24, 2.45) is 11.8 Å². The molecule has 2 aliphatic rings. The molecule has 0 aliphatic heterocycles. The Kier molecular flexibility index (Phi) is 2.75. The molecule has 0 aromatic carbocycles. The third kappa shape index (κ3) is 2.55. The summed E-state index contributed by atoms with van der Waals surface area (Å²) in [5.41, 5.74) is 0. The van der Waals surface area contributed by atoms with E-state index in [-0.39, 0.29) is 0 Å². The van der Waals surface area contributed by atoms with Gasteiger partial charge in [-0.2, -0.15) is 0 Å². The molecular weight excluding hydrogens is 226 g/mol. The summed E-state index contributed by atoms with van der Waals surface area (Å²) in [5.74, 6) is 1.96. The van der Waals surface area contributed by atoms with Crippen LogP contribution in [0.4, 0.5) is 0 Å². The van der Waals surface area contributed by atoms with E-state index in [0.29, 0.717) is 0 Å². The van der Waals surface area contributed by atoms with Crippen LogP contribution in [-0.2, 0) is 6.54 Å². The Hall–Kier alpha value is -0.0500. The van der Waals surface area contributed by atoms with Crippen molar-refractivity contribution in [1.29, 1.82) is 0 Å². The molecule has 2 aliphatic carbocycles. The Morgan fingerprint density at radius 1 is 1.33 bits per heavy atom. The van der Waals surface area contributed by atoms with Gasteiger partial charge in [-0.05, 0) is 43.6 Å². The summed E-state index contributed by atoms with van der Waals surface area (Å²) in [7, 11) is 0. The van der Waals surface area contributed by atoms with Gasteiger partial charge < -0.3 is 5.32 Å². The second-order valence-corrected chi connectivity index (χ2v) is 6.24. The van der Waals surface area contributed by atoms with Crippen LogP contribution < -0.4 is 5.32 Å². The van der Waals surface area contributed by atoms with E-state index in [1.54, 1.807) is 11.3 Å². The van der Waals surface area contributed by atoms with Crippen molar-refractivity contribution in [1.82, 2.24) is 5.32 Å². The van der Waals surface area contributed by atoms with Crippen LogP contribution in [0.3, 0.4) is 0 Å². The molecule has 0 saturated heterocycles. The van der Waals surface area contributed by atoms with Gasteiger partial charge in [0.05, 0.1) is 5.02 Å². The number of halogens is 1. The molecule has 2 saturated carbocycles. The standard InChI is InChI=1S/C12H16ClNS/c13-10-5-11(15-7-10)6-14-12(8-1-2-8)9-3-4-9/h5,7-9,12,14H,1-4,6H2. The van der Waals surface area contributed by atoms with E-state index >= 15 is 0 Å². The van der Waals surface area contributed by atoms with E-state index in [2.05, 4.69) is 11.4 Å². The lowest BCUT2D eigenvalue weighted by atomic mass is 10.1. The highest BCUT2D eigenvalue weighted by atomic mass is 35.5. The van der Waals surface area contributed by atoms with Gasteiger partial charge in [0.15, 0.2) is 0 Å². The predicted molar refractivity (Wildman–Crippen MR) is 65.4 cm³/mol. The van der Waals surface area contributed by atoms with E-state index in [9.17, 15) is 0 Å². The highest BCUT2D eigenvalue weighted by Gasteiger charge is 2.40. The van der Waals surface area contributed by atoms with Crippen LogP contribution in [0.5, 0.6) is 0 Å². The van der Waals surface area contributed by atoms with E-state index in [4.69, 9.17) is 11.6 Å². The van der Waals surface area contributed by atoms with Gasteiger partial charge >= 0.3 is 0 Å². The minimum atomic E-state index is 0.797. The molecule has 2 fully saturated rings. The van der Waals surface area contributed by atoms with Gasteiger partial charge in [0.1, 0.15) is 0 Å². The molecule has 0 radical (unpaired) electrons. The number of hydrogen-bond acceptors (Lipinski definition) is 2. The monoisotopic (exact) mass is 241 g/mol. The van der Waals surface area contributed by atoms with E-state index in [1.807, 2.05) is 5.38 Å². The molecule has 0 spiro atoms. The van der Waals surface area contributed by atoms with Crippen molar-refractivity contribution >= 4 is 22.9 Å². The van der Waals surface area contributed by atoms with E-state index in [0.717, 1.165) is 29.4 Å². The van der Waals surface area contributed by atoms with Crippen LogP contribution in [0.25, 0.3) is 0 Å². The number of rotatable bonds is 5. The zero-order valence-electron chi connectivity index (χ0n) is 8.71. The highest BCUT2D eigenvalue weighted by molar-refractivity contribution is 7.10. The molecule has 0 unspecified atom stereocenters. The predicted octanol–water partition coefficient (Wildman–Crippen LogP) is 3.68. The van der Waals surface area contributed by atoms with Crippen molar-refractivity contribution in [3.63, 3.8) is 0 Å². The summed E-state index contributed by atoms with van der Waals surface area (Å²) in [6.45, 7) is 1.01. The summed E-state index contributed by atoms with van der Waals surface area (Å²) in [6.07, 6.45) is 5.78. The molecule has 1 nitrogen and oxygen atoms in total. The minimum Gasteiger partial charge on any atom is -0.309 e. The molecule has 0 amide bonds. The fourth-order valence-corrected chi connectivity index (χ4v) is 3.32. The highest BCUT2D eigenvalue weighted by Crippen LogP contribution is 2.44. The number of thiophene rings is 1. The fraction of sp³-hybridized carbons (Fsp3) is 0.667. The van der Waals surface area contributed by atoms with Crippen LogP contribution in [0.15, 0.2) is 11.4 Å². The van der Waals surface area contributed by atoms with Crippen LogP contribution in [0.1, 0.15) is 30.6 Å². The largest absolute Gasteiger partial charge is 0.309 e. The molecule has 1 heterocycles. The molecule has 3 rings (SSSR count). The Labute approximate surface area is 99.8 Å². The average molecular weight is 242 g/mol. The lowest BCUT2D eigenvalue weighted by Crippen LogP contribution is -2.32. The van der Waals surface area contributed by atoms with Crippen molar-refractivity contribution in [3.05, 3.63) is 21.3 Å². The maximum absolute atomic E-state index is 5.91. The Morgan fingerprint density at radius 2 is 2.00 bits per heavy atom. The SMILES string of the molecule is Clc1csc(CNC(C2CC2)C2CC2)c1. The molecular formula is C12H16ClNS. The zero-order valence-corrected chi connectivity index (χ0v) is 10.3. The quantitative estimate of drug-likeness (QED) is 0.829. The first-order chi connectivity index (χ1) is 7.33. The number of hydrogen-bond donors (Lipinski definition) is 1. The van der Waals surface area contributed by atoms with Gasteiger partial charge in [0, 0.05) is 22.8 Å². The fourth-order valence-electron chi connectivity index (χ4n) is 2.29. The normalized spacial score (nSPS) is 21.2. The number of nitrogens with one attached hydrogen (secondary N) is 1. The van der Waals surface area contributed by atoms with Gasteiger partial charge in [-0.25, -0.2) is 0 Å². The Balaban J connectivity index is 1.55. The van der Waals surface area contributed by atoms with E-state index < -0.39 is 0 Å². The molecule has 1 aromatic rings. The van der Waals surface area contributed by atoms with E-state index in [1.165, 1.54) is 30.6 Å². The average Bonchev–Trinajstić information content (AvgIpc) is 3.09. The minimum absolute atomic E-state index is 0.797. The first-order valence-electron chi connectivity index (χ1n) is 5.79. The molecule has 0 atom stereocenters. The van der Waals surface area contributed by atoms with Crippen molar-refractivity contribution in [3.8, 4) is 0 Å². The van der Waals surface area contributed by atoms with Crippen LogP contribution in [0, 0.1) is 11.8 Å². The van der Waals surface area contributed by atoms with Crippen LogP contribution in [-0.4, -0.2) is 6.04 Å². The summed E-state index contributed by atoms with van der Waals surface area (Å²) in [6, 6.07) is 2.88. The van der Waals surface area contributed by atoms with Gasteiger partial charge in [-0.3, -0.25) is 0 Å². The van der Waals surface area contributed by atoms with Crippen molar-refractivity contribution in [2.45, 2.75) is 38.3 Å². The topological polar surface area (TPSA) is 12.0 Å². The van der Waals surface area contributed by atoms with Gasteiger partial charge in [-0.1, -0.05) is 11.6 Å². The summed E-state index contributed by atoms with van der Waals surface area (Å²) in [5, 5.41) is 6.62. The second kappa shape index (κ2) is 4.08. The summed E-state index contributed by atoms with van der Waals surface area (Å²) < 4.78 is 0. The summed E-state index contributed by atoms with van der Waals surface area (Å²) in [4.78, 5) is 1.37. The Bertz CT molecular complexity index is 329. The third-order valence-electron chi connectivity index (χ3n) is 3.39. The first-order valence-corrected chi connectivity index (χ1v) is 7.05. The van der Waals surface area contributed by atoms with Crippen LogP contribution in [0.2, 0.25) is 5.02 Å². The smallest absolute Gasteiger partial charge is 0.0516 e. The van der Waals surface area contributed by atoms with Gasteiger partial charge in [0.2, 0.25) is 0 Å². The lowest BCUT2D eigenvalue weighted by molar-refractivity contribution is 0.417. The van der Waals surface area contributed by atoms with Crippen molar-refractivity contribution < 1.29 is 0 Å². The molecule has 1 aromatic heterocycles. The lowest BCUT2D eigenvalue weighted by Gasteiger charge is -2.16. The molecule has 82 valence electrons. The molecule has 1 N–H and O–H groups in total. The van der Waals surface area contributed by atoms with Crippen LogP contribution >= 0.6 is 22.9 Å². The molecule has 15 heavy (non-hydrogen) atoms. The summed E-state index contributed by atoms with van der Waals surface area (Å²) >= 11 is 7.67. The second-order valence-electron chi connectivity index (χ2n) is 4.81. The molecule has 0 bridgehead atoms.